The fraction of sp³-hybridized carbons (Fsp3) is 0.278. The fourth-order valence-electron chi connectivity index (χ4n) is 2.72. The van der Waals surface area contributed by atoms with E-state index in [0.717, 1.165) is 11.1 Å². The molecule has 0 atom stereocenters. The summed E-state index contributed by atoms with van der Waals surface area (Å²) < 4.78 is 0. The number of aryl methyl sites for hydroxylation is 3. The number of pyridine rings is 1. The van der Waals surface area contributed by atoms with E-state index in [0.29, 0.717) is 28.1 Å². The van der Waals surface area contributed by atoms with Crippen LogP contribution in [0.3, 0.4) is 0 Å². The lowest BCUT2D eigenvalue weighted by atomic mass is 9.89. The predicted molar refractivity (Wildman–Crippen MR) is 83.9 cm³/mol. The van der Waals surface area contributed by atoms with Crippen molar-refractivity contribution < 1.29 is 9.59 Å². The molecule has 0 amide bonds. The van der Waals surface area contributed by atoms with Crippen molar-refractivity contribution in [3.05, 3.63) is 52.3 Å². The molecular weight excluding hydrogens is 262 g/mol. The van der Waals surface area contributed by atoms with E-state index >= 15 is 0 Å². The highest BCUT2D eigenvalue weighted by Crippen LogP contribution is 2.32. The molecule has 21 heavy (non-hydrogen) atoms. The van der Waals surface area contributed by atoms with Gasteiger partial charge in [-0.25, -0.2) is 0 Å². The van der Waals surface area contributed by atoms with Gasteiger partial charge in [0, 0.05) is 28.1 Å². The lowest BCUT2D eigenvalue weighted by Crippen LogP contribution is -2.11. The average Bonchev–Trinajstić information content (AvgIpc) is 2.37. The molecule has 1 heterocycles. The summed E-state index contributed by atoms with van der Waals surface area (Å²) in [4.78, 5) is 28.5. The Morgan fingerprint density at radius 2 is 1.24 bits per heavy atom. The Hall–Kier alpha value is -2.29. The van der Waals surface area contributed by atoms with Crippen LogP contribution >= 0.6 is 0 Å². The number of rotatable bonds is 3. The van der Waals surface area contributed by atoms with Crippen molar-refractivity contribution in [1.82, 2.24) is 4.98 Å². The first-order valence-corrected chi connectivity index (χ1v) is 6.93. The zero-order valence-electron chi connectivity index (χ0n) is 13.1. The molecule has 0 saturated heterocycles. The number of ketones is 2. The standard InChI is InChI=1S/C18H19NO2/c1-10-6-8-15(9-7-10)18-16(13(4)20)11(2)19-12(3)17(18)14(5)21/h6-9H,1-5H3. The Kier molecular flexibility index (Phi) is 4.03. The molecule has 0 fully saturated rings. The number of aromatic nitrogens is 1. The zero-order valence-corrected chi connectivity index (χ0v) is 13.1. The molecule has 108 valence electrons. The van der Waals surface area contributed by atoms with Gasteiger partial charge < -0.3 is 0 Å². The highest BCUT2D eigenvalue weighted by Gasteiger charge is 2.22. The van der Waals surface area contributed by atoms with Crippen LogP contribution in [0.5, 0.6) is 0 Å². The van der Waals surface area contributed by atoms with Crippen LogP contribution in [0.25, 0.3) is 11.1 Å². The third-order valence-electron chi connectivity index (χ3n) is 3.60. The number of nitrogens with zero attached hydrogens (tertiary/aromatic N) is 1. The van der Waals surface area contributed by atoms with Crippen molar-refractivity contribution in [2.75, 3.05) is 0 Å². The molecular formula is C18H19NO2. The van der Waals surface area contributed by atoms with Gasteiger partial charge in [-0.05, 0) is 40.2 Å². The second kappa shape index (κ2) is 5.60. The van der Waals surface area contributed by atoms with Crippen LogP contribution in [0, 0.1) is 20.8 Å². The topological polar surface area (TPSA) is 47.0 Å². The molecule has 0 saturated carbocycles. The van der Waals surface area contributed by atoms with E-state index in [2.05, 4.69) is 4.98 Å². The maximum Gasteiger partial charge on any atom is 0.162 e. The van der Waals surface area contributed by atoms with Crippen molar-refractivity contribution in [3.63, 3.8) is 0 Å². The van der Waals surface area contributed by atoms with Crippen LogP contribution < -0.4 is 0 Å². The van der Waals surface area contributed by atoms with Crippen LogP contribution in [0.1, 0.15) is 51.5 Å². The predicted octanol–water partition coefficient (Wildman–Crippen LogP) is 4.08. The molecule has 1 aromatic carbocycles. The molecule has 0 aliphatic carbocycles. The number of hydrogen-bond acceptors (Lipinski definition) is 3. The van der Waals surface area contributed by atoms with Gasteiger partial charge in [0.15, 0.2) is 11.6 Å². The SMILES string of the molecule is CC(=O)c1c(C)nc(C)c(C(C)=O)c1-c1ccc(C)cc1. The Morgan fingerprint density at radius 1 is 0.810 bits per heavy atom. The smallest absolute Gasteiger partial charge is 0.162 e. The van der Waals surface area contributed by atoms with Crippen molar-refractivity contribution in [1.29, 1.82) is 0 Å². The maximum atomic E-state index is 12.1. The van der Waals surface area contributed by atoms with Gasteiger partial charge in [-0.15, -0.1) is 0 Å². The molecule has 1 aromatic heterocycles. The molecule has 3 heteroatoms. The van der Waals surface area contributed by atoms with Crippen LogP contribution in [-0.2, 0) is 0 Å². The number of benzene rings is 1. The van der Waals surface area contributed by atoms with Gasteiger partial charge in [-0.1, -0.05) is 29.8 Å². The van der Waals surface area contributed by atoms with Crippen LogP contribution in [0.4, 0.5) is 0 Å². The van der Waals surface area contributed by atoms with E-state index in [4.69, 9.17) is 0 Å². The first-order valence-electron chi connectivity index (χ1n) is 6.93. The maximum absolute atomic E-state index is 12.1. The normalized spacial score (nSPS) is 10.5. The first-order chi connectivity index (χ1) is 9.82. The van der Waals surface area contributed by atoms with Gasteiger partial charge in [0.05, 0.1) is 0 Å². The average molecular weight is 281 g/mol. The van der Waals surface area contributed by atoms with Crippen LogP contribution in [0.15, 0.2) is 24.3 Å². The number of hydrogen-bond donors (Lipinski definition) is 0. The lowest BCUT2D eigenvalue weighted by Gasteiger charge is -2.16. The second-order valence-corrected chi connectivity index (χ2v) is 5.39. The van der Waals surface area contributed by atoms with Crippen molar-refractivity contribution in [2.24, 2.45) is 0 Å². The summed E-state index contributed by atoms with van der Waals surface area (Å²) in [5.41, 5.74) is 5.13. The van der Waals surface area contributed by atoms with E-state index in [-0.39, 0.29) is 11.6 Å². The third kappa shape index (κ3) is 2.77. The number of Topliss-reactive ketones (excluding diaryl/α,β-unsaturated/α-hetero) is 2. The van der Waals surface area contributed by atoms with E-state index in [9.17, 15) is 9.59 Å². The van der Waals surface area contributed by atoms with Crippen molar-refractivity contribution >= 4 is 11.6 Å². The second-order valence-electron chi connectivity index (χ2n) is 5.39. The summed E-state index contributed by atoms with van der Waals surface area (Å²) in [6, 6.07) is 7.85. The van der Waals surface area contributed by atoms with Gasteiger partial charge in [-0.3, -0.25) is 14.6 Å². The Morgan fingerprint density at radius 3 is 1.62 bits per heavy atom. The van der Waals surface area contributed by atoms with Gasteiger partial charge in [0.2, 0.25) is 0 Å². The summed E-state index contributed by atoms with van der Waals surface area (Å²) in [6.45, 7) is 8.66. The van der Waals surface area contributed by atoms with E-state index < -0.39 is 0 Å². The molecule has 0 aliphatic heterocycles. The van der Waals surface area contributed by atoms with Crippen LogP contribution in [0.2, 0.25) is 0 Å². The first kappa shape index (κ1) is 15.1. The molecule has 0 radical (unpaired) electrons. The molecule has 0 unspecified atom stereocenters. The molecule has 0 N–H and O–H groups in total. The monoisotopic (exact) mass is 281 g/mol. The molecule has 3 nitrogen and oxygen atoms in total. The van der Waals surface area contributed by atoms with Crippen molar-refractivity contribution in [3.8, 4) is 11.1 Å². The minimum atomic E-state index is -0.0712. The molecule has 2 rings (SSSR count). The minimum Gasteiger partial charge on any atom is -0.294 e. The molecule has 0 aliphatic rings. The quantitative estimate of drug-likeness (QED) is 0.796. The lowest BCUT2D eigenvalue weighted by molar-refractivity contribution is 0.101. The summed E-state index contributed by atoms with van der Waals surface area (Å²) >= 11 is 0. The zero-order chi connectivity index (χ0) is 15.7. The molecule has 2 aromatic rings. The molecule has 0 spiro atoms. The summed E-state index contributed by atoms with van der Waals surface area (Å²) in [5.74, 6) is -0.142. The number of carbonyl (C=O) groups is 2. The highest BCUT2D eigenvalue weighted by molar-refractivity contribution is 6.10. The van der Waals surface area contributed by atoms with Gasteiger partial charge >= 0.3 is 0 Å². The van der Waals surface area contributed by atoms with E-state index in [1.54, 1.807) is 0 Å². The van der Waals surface area contributed by atoms with Crippen molar-refractivity contribution in [2.45, 2.75) is 34.6 Å². The molecule has 0 bridgehead atoms. The van der Waals surface area contributed by atoms with Crippen LogP contribution in [-0.4, -0.2) is 16.6 Å². The van der Waals surface area contributed by atoms with E-state index in [1.807, 2.05) is 45.0 Å². The largest absolute Gasteiger partial charge is 0.294 e. The number of carbonyl (C=O) groups excluding carboxylic acids is 2. The summed E-state index contributed by atoms with van der Waals surface area (Å²) in [6.07, 6.45) is 0. The van der Waals surface area contributed by atoms with Gasteiger partial charge in [0.25, 0.3) is 0 Å². The summed E-state index contributed by atoms with van der Waals surface area (Å²) in [5, 5.41) is 0. The van der Waals surface area contributed by atoms with E-state index in [1.165, 1.54) is 13.8 Å². The Balaban J connectivity index is 2.91. The highest BCUT2D eigenvalue weighted by atomic mass is 16.1. The third-order valence-corrected chi connectivity index (χ3v) is 3.60. The van der Waals surface area contributed by atoms with Gasteiger partial charge in [-0.2, -0.15) is 0 Å². The minimum absolute atomic E-state index is 0.0712. The van der Waals surface area contributed by atoms with Gasteiger partial charge in [0.1, 0.15) is 0 Å². The Bertz CT molecular complexity index is 690. The Labute approximate surface area is 125 Å². The fourth-order valence-corrected chi connectivity index (χ4v) is 2.72. The summed E-state index contributed by atoms with van der Waals surface area (Å²) in [7, 11) is 0.